The minimum absolute atomic E-state index is 0.0895. The molecule has 10 heteroatoms. The zero-order valence-electron chi connectivity index (χ0n) is 15.0. The molecule has 0 amide bonds. The number of benzene rings is 1. The van der Waals surface area contributed by atoms with Crippen molar-refractivity contribution in [2.24, 2.45) is 9.98 Å². The van der Waals surface area contributed by atoms with Gasteiger partial charge in [0.1, 0.15) is 11.7 Å². The molecule has 2 aliphatic rings. The van der Waals surface area contributed by atoms with Gasteiger partial charge >= 0.3 is 18.0 Å². The van der Waals surface area contributed by atoms with Crippen LogP contribution >= 0.6 is 0 Å². The molecule has 4 nitrogen and oxygen atoms in total. The molecule has 1 aromatic carbocycles. The smallest absolute Gasteiger partial charge is 0.376 e. The third kappa shape index (κ3) is 3.61. The number of amidine groups is 2. The summed E-state index contributed by atoms with van der Waals surface area (Å²) < 4.78 is 87.4. The van der Waals surface area contributed by atoms with Gasteiger partial charge in [-0.2, -0.15) is 26.3 Å². The summed E-state index contributed by atoms with van der Waals surface area (Å²) >= 11 is 0. The first-order valence-electron chi connectivity index (χ1n) is 8.85. The molecule has 1 saturated heterocycles. The van der Waals surface area contributed by atoms with E-state index in [0.29, 0.717) is 13.0 Å². The Labute approximate surface area is 157 Å². The molecule has 1 fully saturated rings. The van der Waals surface area contributed by atoms with Gasteiger partial charge in [0.2, 0.25) is 0 Å². The molecule has 28 heavy (non-hydrogen) atoms. The fourth-order valence-corrected chi connectivity index (χ4v) is 3.28. The highest BCUT2D eigenvalue weighted by Gasteiger charge is 2.73. The molecule has 1 unspecified atom stereocenters. The van der Waals surface area contributed by atoms with E-state index in [4.69, 9.17) is 4.74 Å². The second-order valence-electron chi connectivity index (χ2n) is 6.60. The summed E-state index contributed by atoms with van der Waals surface area (Å²) in [5.41, 5.74) is -4.37. The fraction of sp³-hybridized carbons (Fsp3) is 0.556. The summed E-state index contributed by atoms with van der Waals surface area (Å²) in [4.78, 5) is 7.64. The van der Waals surface area contributed by atoms with Gasteiger partial charge in [-0.3, -0.25) is 0 Å². The molecule has 0 N–H and O–H groups in total. The summed E-state index contributed by atoms with van der Waals surface area (Å²) in [6, 6.07) is 7.53. The maximum absolute atomic E-state index is 13.6. The van der Waals surface area contributed by atoms with Crippen molar-refractivity contribution >= 4 is 11.7 Å². The minimum atomic E-state index is -5.73. The highest BCUT2D eigenvalue weighted by molar-refractivity contribution is 6.10. The van der Waals surface area contributed by atoms with Crippen molar-refractivity contribution in [1.29, 1.82) is 0 Å². The third-order valence-electron chi connectivity index (χ3n) is 4.67. The van der Waals surface area contributed by atoms with Crippen LogP contribution in [0.5, 0.6) is 0 Å². The van der Waals surface area contributed by atoms with Crippen LogP contribution in [0.15, 0.2) is 40.3 Å². The molecular weight excluding hydrogens is 388 g/mol. The molecule has 154 valence electrons. The van der Waals surface area contributed by atoms with Crippen LogP contribution in [0.1, 0.15) is 31.7 Å². The number of hydrogen-bond acceptors (Lipinski definition) is 4. The molecule has 2 aliphatic heterocycles. The number of alkyl halides is 6. The number of rotatable bonds is 4. The van der Waals surface area contributed by atoms with E-state index in [1.165, 1.54) is 36.1 Å². The van der Waals surface area contributed by atoms with Crippen molar-refractivity contribution in [2.75, 3.05) is 13.2 Å². The molecule has 1 atom stereocenters. The number of ether oxygens (including phenoxy) is 1. The van der Waals surface area contributed by atoms with E-state index in [9.17, 15) is 26.3 Å². The van der Waals surface area contributed by atoms with E-state index in [1.807, 2.05) is 0 Å². The number of halogens is 6. The van der Waals surface area contributed by atoms with Gasteiger partial charge in [-0.25, -0.2) is 9.98 Å². The summed E-state index contributed by atoms with van der Waals surface area (Å²) in [6.45, 7) is 2.06. The molecule has 2 heterocycles. The Morgan fingerprint density at radius 2 is 1.71 bits per heavy atom. The van der Waals surface area contributed by atoms with Gasteiger partial charge in [-0.05, 0) is 12.8 Å². The van der Waals surface area contributed by atoms with Crippen molar-refractivity contribution in [3.63, 3.8) is 0 Å². The monoisotopic (exact) mass is 407 g/mol. The van der Waals surface area contributed by atoms with Crippen LogP contribution in [0.25, 0.3) is 0 Å². The molecule has 0 radical (unpaired) electrons. The largest absolute Gasteiger partial charge is 0.443 e. The lowest BCUT2D eigenvalue weighted by atomic mass is 10.1. The van der Waals surface area contributed by atoms with Gasteiger partial charge in [0.05, 0.1) is 12.6 Å². The lowest BCUT2D eigenvalue weighted by molar-refractivity contribution is -0.293. The van der Waals surface area contributed by atoms with Crippen molar-refractivity contribution in [3.8, 4) is 0 Å². The highest BCUT2D eigenvalue weighted by atomic mass is 19.4. The Balaban J connectivity index is 2.18. The average molecular weight is 407 g/mol. The average Bonchev–Trinajstić information content (AvgIpc) is 3.13. The predicted octanol–water partition coefficient (Wildman–Crippen LogP) is 4.56. The van der Waals surface area contributed by atoms with E-state index in [2.05, 4.69) is 9.98 Å². The number of aliphatic imine (C=N–C) groups is 2. The van der Waals surface area contributed by atoms with Crippen molar-refractivity contribution in [3.05, 3.63) is 35.9 Å². The SMILES string of the molecule is CCC1=NC(C(F)(F)F)(C(F)(F)F)N=C(c2ccccc2)N1CC1CCCO1. The first kappa shape index (κ1) is 20.6. The lowest BCUT2D eigenvalue weighted by Crippen LogP contribution is -2.60. The van der Waals surface area contributed by atoms with Crippen LogP contribution in [-0.4, -0.2) is 53.8 Å². The quantitative estimate of drug-likeness (QED) is 0.687. The van der Waals surface area contributed by atoms with Gasteiger partial charge in [-0.15, -0.1) is 0 Å². The molecule has 0 saturated carbocycles. The molecule has 0 aliphatic carbocycles. The van der Waals surface area contributed by atoms with Crippen molar-refractivity contribution < 1.29 is 31.1 Å². The fourth-order valence-electron chi connectivity index (χ4n) is 3.28. The number of nitrogens with zero attached hydrogens (tertiary/aromatic N) is 3. The Hall–Kier alpha value is -2.10. The van der Waals surface area contributed by atoms with Crippen molar-refractivity contribution in [1.82, 2.24) is 4.90 Å². The Morgan fingerprint density at radius 3 is 2.21 bits per heavy atom. The highest BCUT2D eigenvalue weighted by Crippen LogP contribution is 2.49. The van der Waals surface area contributed by atoms with Gasteiger partial charge < -0.3 is 9.64 Å². The Morgan fingerprint density at radius 1 is 1.07 bits per heavy atom. The summed E-state index contributed by atoms with van der Waals surface area (Å²) in [5, 5.41) is 0. The van der Waals surface area contributed by atoms with Gasteiger partial charge in [-0.1, -0.05) is 37.3 Å². The standard InChI is InChI=1S/C18H19F6N3O/c1-2-14-25-16(17(19,20)21,18(22,23)24)26-15(12-7-4-3-5-8-12)27(14)11-13-9-6-10-28-13/h3-5,7-8,13H,2,6,9-11H2,1H3. The minimum Gasteiger partial charge on any atom is -0.376 e. The van der Waals surface area contributed by atoms with E-state index in [0.717, 1.165) is 6.42 Å². The van der Waals surface area contributed by atoms with Gasteiger partial charge in [0.25, 0.3) is 0 Å². The first-order valence-corrected chi connectivity index (χ1v) is 8.85. The topological polar surface area (TPSA) is 37.2 Å². The van der Waals surface area contributed by atoms with Crippen LogP contribution < -0.4 is 0 Å². The van der Waals surface area contributed by atoms with E-state index >= 15 is 0 Å². The number of hydrogen-bond donors (Lipinski definition) is 0. The lowest BCUT2D eigenvalue weighted by Gasteiger charge is -2.40. The third-order valence-corrected chi connectivity index (χ3v) is 4.67. The second kappa shape index (κ2) is 7.38. The normalized spacial score (nSPS) is 22.8. The zero-order valence-corrected chi connectivity index (χ0v) is 15.0. The molecular formula is C18H19F6N3O. The first-order chi connectivity index (χ1) is 13.1. The summed E-state index contributed by atoms with van der Waals surface area (Å²) in [6.07, 6.45) is -10.5. The second-order valence-corrected chi connectivity index (χ2v) is 6.60. The molecule has 0 spiro atoms. The van der Waals surface area contributed by atoms with Crippen LogP contribution in [0.2, 0.25) is 0 Å². The molecule has 1 aromatic rings. The van der Waals surface area contributed by atoms with Crippen LogP contribution in [0.3, 0.4) is 0 Å². The maximum atomic E-state index is 13.6. The van der Waals surface area contributed by atoms with Gasteiger partial charge in [0, 0.05) is 18.6 Å². The van der Waals surface area contributed by atoms with E-state index < -0.39 is 23.9 Å². The maximum Gasteiger partial charge on any atom is 0.443 e. The summed E-state index contributed by atoms with van der Waals surface area (Å²) in [7, 11) is 0. The zero-order chi connectivity index (χ0) is 20.6. The Bertz CT molecular complexity index is 737. The molecule has 3 rings (SSSR count). The van der Waals surface area contributed by atoms with E-state index in [1.54, 1.807) is 6.07 Å². The van der Waals surface area contributed by atoms with Crippen LogP contribution in [0.4, 0.5) is 26.3 Å². The predicted molar refractivity (Wildman–Crippen MR) is 91.2 cm³/mol. The van der Waals surface area contributed by atoms with Crippen LogP contribution in [0, 0.1) is 0 Å². The molecule has 0 bridgehead atoms. The summed E-state index contributed by atoms with van der Waals surface area (Å²) in [5.74, 6) is -0.725. The van der Waals surface area contributed by atoms with Crippen molar-refractivity contribution in [2.45, 2.75) is 50.3 Å². The van der Waals surface area contributed by atoms with Crippen LogP contribution in [-0.2, 0) is 4.74 Å². The molecule has 0 aromatic heterocycles. The van der Waals surface area contributed by atoms with Gasteiger partial charge in [0.15, 0.2) is 0 Å². The van der Waals surface area contributed by atoms with E-state index in [-0.39, 0.29) is 30.5 Å². The Kier molecular flexibility index (Phi) is 5.44.